The molecule has 0 radical (unpaired) electrons. The van der Waals surface area contributed by atoms with Crippen molar-refractivity contribution in [1.82, 2.24) is 4.90 Å². The van der Waals surface area contributed by atoms with Gasteiger partial charge in [-0.05, 0) is 18.3 Å². The predicted molar refractivity (Wildman–Crippen MR) is 51.6 cm³/mol. The van der Waals surface area contributed by atoms with Crippen molar-refractivity contribution in [3.63, 3.8) is 0 Å². The summed E-state index contributed by atoms with van der Waals surface area (Å²) in [4.78, 5) is 13.0. The first-order chi connectivity index (χ1) is 6.11. The highest BCUT2D eigenvalue weighted by Crippen LogP contribution is 2.34. The maximum absolute atomic E-state index is 11.2. The molecule has 1 atom stereocenters. The van der Waals surface area contributed by atoms with Crippen molar-refractivity contribution < 1.29 is 9.53 Å². The molecule has 3 nitrogen and oxygen atoms in total. The Kier molecular flexibility index (Phi) is 3.17. The summed E-state index contributed by atoms with van der Waals surface area (Å²) >= 11 is 0. The second-order valence-electron chi connectivity index (χ2n) is 4.20. The number of hydrogen-bond acceptors (Lipinski definition) is 2. The van der Waals surface area contributed by atoms with Crippen LogP contribution in [-0.4, -0.2) is 31.2 Å². The third-order valence-corrected chi connectivity index (χ3v) is 2.84. The molecule has 0 N–H and O–H groups in total. The van der Waals surface area contributed by atoms with E-state index in [9.17, 15) is 4.79 Å². The fraction of sp³-hybridized carbons (Fsp3) is 0.900. The van der Waals surface area contributed by atoms with Crippen LogP contribution in [0.25, 0.3) is 0 Å². The van der Waals surface area contributed by atoms with E-state index in [-0.39, 0.29) is 6.09 Å². The molecule has 76 valence electrons. The summed E-state index contributed by atoms with van der Waals surface area (Å²) in [5.41, 5.74) is 0.322. The van der Waals surface area contributed by atoms with Crippen LogP contribution in [0.4, 0.5) is 4.79 Å². The van der Waals surface area contributed by atoms with Crippen LogP contribution < -0.4 is 0 Å². The molecule has 3 heteroatoms. The molecule has 0 aromatic carbocycles. The zero-order chi connectivity index (χ0) is 9.90. The number of nitrogens with zero attached hydrogens (tertiary/aromatic N) is 1. The summed E-state index contributed by atoms with van der Waals surface area (Å²) in [6, 6.07) is 0. The average molecular weight is 185 g/mol. The summed E-state index contributed by atoms with van der Waals surface area (Å²) in [6.07, 6.45) is 3.31. The second-order valence-corrected chi connectivity index (χ2v) is 4.20. The average Bonchev–Trinajstić information content (AvgIpc) is 2.47. The molecule has 0 aliphatic carbocycles. The smallest absolute Gasteiger partial charge is 0.409 e. The molecule has 1 heterocycles. The third-order valence-electron chi connectivity index (χ3n) is 2.84. The van der Waals surface area contributed by atoms with Gasteiger partial charge in [0.15, 0.2) is 0 Å². The quantitative estimate of drug-likeness (QED) is 0.660. The summed E-state index contributed by atoms with van der Waals surface area (Å²) in [6.45, 7) is 6.14. The van der Waals surface area contributed by atoms with Gasteiger partial charge in [-0.25, -0.2) is 4.79 Å². The maximum Gasteiger partial charge on any atom is 0.409 e. The molecule has 13 heavy (non-hydrogen) atoms. The highest BCUT2D eigenvalue weighted by atomic mass is 16.5. The van der Waals surface area contributed by atoms with E-state index < -0.39 is 0 Å². The number of carbonyl (C=O) groups is 1. The fourth-order valence-electron chi connectivity index (χ4n) is 2.12. The minimum absolute atomic E-state index is 0.181. The lowest BCUT2D eigenvalue weighted by Gasteiger charge is -2.23. The van der Waals surface area contributed by atoms with Gasteiger partial charge in [-0.15, -0.1) is 0 Å². The maximum atomic E-state index is 11.2. The molecule has 0 aromatic rings. The molecule has 1 aliphatic rings. The van der Waals surface area contributed by atoms with Crippen molar-refractivity contribution in [3.8, 4) is 0 Å². The van der Waals surface area contributed by atoms with Gasteiger partial charge in [0.2, 0.25) is 0 Å². The molecule has 1 amide bonds. The Morgan fingerprint density at radius 1 is 1.62 bits per heavy atom. The van der Waals surface area contributed by atoms with Crippen LogP contribution in [-0.2, 0) is 4.74 Å². The van der Waals surface area contributed by atoms with Gasteiger partial charge in [0, 0.05) is 13.1 Å². The van der Waals surface area contributed by atoms with Crippen LogP contribution in [0.5, 0.6) is 0 Å². The number of ether oxygens (including phenoxy) is 1. The number of likely N-dealkylation sites (tertiary alicyclic amines) is 1. The van der Waals surface area contributed by atoms with Crippen molar-refractivity contribution >= 4 is 6.09 Å². The third kappa shape index (κ3) is 2.36. The first-order valence-corrected chi connectivity index (χ1v) is 4.94. The number of amides is 1. The van der Waals surface area contributed by atoms with Gasteiger partial charge in [0.1, 0.15) is 0 Å². The van der Waals surface area contributed by atoms with Gasteiger partial charge in [-0.2, -0.15) is 0 Å². The van der Waals surface area contributed by atoms with E-state index in [2.05, 4.69) is 13.8 Å². The van der Waals surface area contributed by atoms with Crippen LogP contribution >= 0.6 is 0 Å². The molecule has 1 fully saturated rings. The number of methoxy groups -OCH3 is 1. The van der Waals surface area contributed by atoms with Crippen LogP contribution in [0.3, 0.4) is 0 Å². The van der Waals surface area contributed by atoms with Crippen molar-refractivity contribution in [1.29, 1.82) is 0 Å². The molecule has 1 rings (SSSR count). The summed E-state index contributed by atoms with van der Waals surface area (Å²) < 4.78 is 4.69. The van der Waals surface area contributed by atoms with Gasteiger partial charge < -0.3 is 9.64 Å². The first-order valence-electron chi connectivity index (χ1n) is 4.94. The molecular formula is C10H19NO2. The van der Waals surface area contributed by atoms with Crippen LogP contribution in [0.15, 0.2) is 0 Å². The van der Waals surface area contributed by atoms with Crippen LogP contribution in [0, 0.1) is 5.41 Å². The highest BCUT2D eigenvalue weighted by molar-refractivity contribution is 5.67. The Morgan fingerprint density at radius 3 is 2.85 bits per heavy atom. The molecule has 0 aromatic heterocycles. The normalized spacial score (nSPS) is 27.8. The van der Waals surface area contributed by atoms with E-state index >= 15 is 0 Å². The molecule has 0 spiro atoms. The van der Waals surface area contributed by atoms with Crippen molar-refractivity contribution in [3.05, 3.63) is 0 Å². The van der Waals surface area contributed by atoms with Gasteiger partial charge in [-0.1, -0.05) is 20.3 Å². The monoisotopic (exact) mass is 185 g/mol. The number of carbonyl (C=O) groups excluding carboxylic acids is 1. The Morgan fingerprint density at radius 2 is 2.31 bits per heavy atom. The zero-order valence-electron chi connectivity index (χ0n) is 8.80. The number of hydrogen-bond donors (Lipinski definition) is 0. The minimum Gasteiger partial charge on any atom is -0.453 e. The van der Waals surface area contributed by atoms with Gasteiger partial charge in [-0.3, -0.25) is 0 Å². The standard InChI is InChI=1S/C10H19NO2/c1-4-5-10(2)6-7-11(8-10)9(12)13-3/h4-8H2,1-3H3/t10-/m1/s1. The Balaban J connectivity index is 2.47. The van der Waals surface area contributed by atoms with Gasteiger partial charge in [0.25, 0.3) is 0 Å². The van der Waals surface area contributed by atoms with Crippen molar-refractivity contribution in [2.45, 2.75) is 33.1 Å². The zero-order valence-corrected chi connectivity index (χ0v) is 8.80. The van der Waals surface area contributed by atoms with E-state index in [4.69, 9.17) is 4.74 Å². The van der Waals surface area contributed by atoms with E-state index in [0.29, 0.717) is 5.41 Å². The molecule has 0 unspecified atom stereocenters. The first kappa shape index (κ1) is 10.4. The molecule has 1 aliphatic heterocycles. The lowest BCUT2D eigenvalue weighted by Crippen LogP contribution is -2.30. The molecule has 0 saturated carbocycles. The predicted octanol–water partition coefficient (Wildman–Crippen LogP) is 2.26. The molecular weight excluding hydrogens is 166 g/mol. The molecule has 1 saturated heterocycles. The fourth-order valence-corrected chi connectivity index (χ4v) is 2.12. The van der Waals surface area contributed by atoms with E-state index in [1.165, 1.54) is 20.0 Å². The van der Waals surface area contributed by atoms with Gasteiger partial charge >= 0.3 is 6.09 Å². The summed E-state index contributed by atoms with van der Waals surface area (Å²) in [5.74, 6) is 0. The Labute approximate surface area is 80.1 Å². The van der Waals surface area contributed by atoms with Gasteiger partial charge in [0.05, 0.1) is 7.11 Å². The van der Waals surface area contributed by atoms with E-state index in [1.807, 2.05) is 0 Å². The minimum atomic E-state index is -0.181. The summed E-state index contributed by atoms with van der Waals surface area (Å²) in [5, 5.41) is 0. The topological polar surface area (TPSA) is 29.5 Å². The number of rotatable bonds is 2. The van der Waals surface area contributed by atoms with Crippen LogP contribution in [0.2, 0.25) is 0 Å². The van der Waals surface area contributed by atoms with E-state index in [0.717, 1.165) is 19.5 Å². The Hall–Kier alpha value is -0.730. The highest BCUT2D eigenvalue weighted by Gasteiger charge is 2.35. The van der Waals surface area contributed by atoms with Crippen molar-refractivity contribution in [2.75, 3.05) is 20.2 Å². The lowest BCUT2D eigenvalue weighted by molar-refractivity contribution is 0.127. The Bertz CT molecular complexity index is 193. The summed E-state index contributed by atoms with van der Waals surface area (Å²) in [7, 11) is 1.44. The lowest BCUT2D eigenvalue weighted by atomic mass is 9.85. The van der Waals surface area contributed by atoms with Crippen molar-refractivity contribution in [2.24, 2.45) is 5.41 Å². The largest absolute Gasteiger partial charge is 0.453 e. The van der Waals surface area contributed by atoms with Crippen LogP contribution in [0.1, 0.15) is 33.1 Å². The SMILES string of the molecule is CCC[C@]1(C)CCN(C(=O)OC)C1. The van der Waals surface area contributed by atoms with E-state index in [1.54, 1.807) is 4.90 Å². The second kappa shape index (κ2) is 3.99. The molecule has 0 bridgehead atoms.